The van der Waals surface area contributed by atoms with Gasteiger partial charge in [0, 0.05) is 13.0 Å². The van der Waals surface area contributed by atoms with Crippen LogP contribution in [0.3, 0.4) is 0 Å². The first kappa shape index (κ1) is 30.1. The standard InChI is InChI=1S/C32H36F2N2O5/c1-30(2,3)41-29(38)36-31(39,32(33,34)28(37)27-26-12-8-7-11-24(26)18-20-35-27)19-17-22-13-15-25(16-14-22)40-21-23-9-5-4-6-10-23/h4-16,27,35,39H,17-21H2,1-3H3,(H,36,38). The maximum Gasteiger partial charge on any atom is 0.410 e. The van der Waals surface area contributed by atoms with E-state index in [9.17, 15) is 14.7 Å². The molecule has 41 heavy (non-hydrogen) atoms. The van der Waals surface area contributed by atoms with E-state index in [0.29, 0.717) is 36.4 Å². The Balaban J connectivity index is 1.52. The molecule has 9 heteroatoms. The molecule has 0 spiro atoms. The fourth-order valence-corrected chi connectivity index (χ4v) is 4.71. The molecule has 0 aromatic heterocycles. The molecule has 7 nitrogen and oxygen atoms in total. The topological polar surface area (TPSA) is 96.9 Å². The zero-order chi connectivity index (χ0) is 29.7. The summed E-state index contributed by atoms with van der Waals surface area (Å²) in [7, 11) is 0. The van der Waals surface area contributed by atoms with Crippen molar-refractivity contribution in [3.63, 3.8) is 0 Å². The zero-order valence-electron chi connectivity index (χ0n) is 23.5. The summed E-state index contributed by atoms with van der Waals surface area (Å²) >= 11 is 0. The van der Waals surface area contributed by atoms with E-state index in [-0.39, 0.29) is 6.42 Å². The minimum Gasteiger partial charge on any atom is -0.489 e. The monoisotopic (exact) mass is 566 g/mol. The summed E-state index contributed by atoms with van der Waals surface area (Å²) in [6.07, 6.45) is -1.39. The summed E-state index contributed by atoms with van der Waals surface area (Å²) < 4.78 is 43.0. The van der Waals surface area contributed by atoms with Gasteiger partial charge in [-0.2, -0.15) is 8.78 Å². The van der Waals surface area contributed by atoms with E-state index < -0.39 is 41.6 Å². The van der Waals surface area contributed by atoms with Crippen LogP contribution in [0.2, 0.25) is 0 Å². The summed E-state index contributed by atoms with van der Waals surface area (Å²) in [5.41, 5.74) is -1.43. The Morgan fingerprint density at radius 2 is 1.61 bits per heavy atom. The van der Waals surface area contributed by atoms with Gasteiger partial charge in [-0.3, -0.25) is 10.1 Å². The molecule has 3 aromatic rings. The number of halogens is 2. The number of alkyl carbamates (subject to hydrolysis) is 1. The Labute approximate surface area is 238 Å². The fourth-order valence-electron chi connectivity index (χ4n) is 4.71. The number of amides is 1. The van der Waals surface area contributed by atoms with Crippen LogP contribution in [0.1, 0.15) is 55.5 Å². The number of aliphatic hydroxyl groups is 1. The smallest absolute Gasteiger partial charge is 0.410 e. The van der Waals surface area contributed by atoms with E-state index in [1.807, 2.05) is 35.6 Å². The predicted molar refractivity (Wildman–Crippen MR) is 151 cm³/mol. The molecular formula is C32H36F2N2O5. The molecule has 0 bridgehead atoms. The quantitative estimate of drug-likeness (QED) is 0.281. The number of nitrogens with one attached hydrogen (secondary N) is 2. The molecule has 4 rings (SSSR count). The third kappa shape index (κ3) is 7.48. The number of alkyl halides is 2. The number of carbonyl (C=O) groups is 2. The average Bonchev–Trinajstić information content (AvgIpc) is 2.94. The van der Waals surface area contributed by atoms with Crippen LogP contribution in [0.25, 0.3) is 0 Å². The first-order valence-corrected chi connectivity index (χ1v) is 13.6. The van der Waals surface area contributed by atoms with Crippen LogP contribution >= 0.6 is 0 Å². The zero-order valence-corrected chi connectivity index (χ0v) is 23.5. The third-order valence-electron chi connectivity index (χ3n) is 6.85. The summed E-state index contributed by atoms with van der Waals surface area (Å²) in [4.78, 5) is 26.0. The van der Waals surface area contributed by atoms with Gasteiger partial charge in [-0.1, -0.05) is 66.7 Å². The van der Waals surface area contributed by atoms with Gasteiger partial charge in [0.05, 0.1) is 6.04 Å². The minimum atomic E-state index is -4.36. The van der Waals surface area contributed by atoms with Gasteiger partial charge < -0.3 is 19.9 Å². The molecule has 1 heterocycles. The first-order chi connectivity index (χ1) is 19.4. The second-order valence-electron chi connectivity index (χ2n) is 11.2. The van der Waals surface area contributed by atoms with Crippen LogP contribution in [-0.4, -0.2) is 40.8 Å². The highest BCUT2D eigenvalue weighted by Gasteiger charge is 2.61. The summed E-state index contributed by atoms with van der Waals surface area (Å²) in [6.45, 7) is 5.39. The van der Waals surface area contributed by atoms with Crippen molar-refractivity contribution in [2.75, 3.05) is 6.54 Å². The predicted octanol–water partition coefficient (Wildman–Crippen LogP) is 5.50. The third-order valence-corrected chi connectivity index (χ3v) is 6.85. The van der Waals surface area contributed by atoms with Crippen molar-refractivity contribution in [1.29, 1.82) is 0 Å². The van der Waals surface area contributed by atoms with Crippen molar-refractivity contribution in [3.05, 3.63) is 101 Å². The highest BCUT2D eigenvalue weighted by molar-refractivity contribution is 5.93. The largest absolute Gasteiger partial charge is 0.489 e. The lowest BCUT2D eigenvalue weighted by atomic mass is 9.85. The Hall–Kier alpha value is -3.82. The number of benzene rings is 3. The number of rotatable bonds is 10. The van der Waals surface area contributed by atoms with Gasteiger partial charge in [0.15, 0.2) is 0 Å². The van der Waals surface area contributed by atoms with Crippen molar-refractivity contribution in [3.8, 4) is 5.75 Å². The second-order valence-corrected chi connectivity index (χ2v) is 11.2. The van der Waals surface area contributed by atoms with Gasteiger partial charge in [0.25, 0.3) is 0 Å². The van der Waals surface area contributed by atoms with E-state index in [2.05, 4.69) is 5.32 Å². The maximum absolute atomic E-state index is 16.0. The highest BCUT2D eigenvalue weighted by Crippen LogP contribution is 2.38. The van der Waals surface area contributed by atoms with E-state index >= 15 is 8.78 Å². The molecule has 2 unspecified atom stereocenters. The average molecular weight is 567 g/mol. The van der Waals surface area contributed by atoms with Crippen LogP contribution in [0.5, 0.6) is 5.75 Å². The van der Waals surface area contributed by atoms with Crippen molar-refractivity contribution in [2.45, 2.75) is 69.9 Å². The normalized spacial score (nSPS) is 16.7. The Morgan fingerprint density at radius 3 is 2.29 bits per heavy atom. The molecule has 218 valence electrons. The van der Waals surface area contributed by atoms with E-state index in [1.165, 1.54) is 0 Å². The number of hydrogen-bond acceptors (Lipinski definition) is 6. The summed E-state index contributed by atoms with van der Waals surface area (Å²) in [5, 5.41) is 16.1. The lowest BCUT2D eigenvalue weighted by molar-refractivity contribution is -0.203. The Kier molecular flexibility index (Phi) is 9.09. The van der Waals surface area contributed by atoms with Gasteiger partial charge in [-0.25, -0.2) is 4.79 Å². The van der Waals surface area contributed by atoms with Crippen molar-refractivity contribution in [2.24, 2.45) is 0 Å². The summed E-state index contributed by atoms with van der Waals surface area (Å²) in [5.74, 6) is -5.31. The number of fused-ring (bicyclic) bond motifs is 1. The van der Waals surface area contributed by atoms with Crippen LogP contribution in [0.4, 0.5) is 13.6 Å². The van der Waals surface area contributed by atoms with Crippen molar-refractivity contribution < 1.29 is 33.0 Å². The molecule has 1 amide bonds. The van der Waals surface area contributed by atoms with Crippen LogP contribution in [0, 0.1) is 0 Å². The highest BCUT2D eigenvalue weighted by atomic mass is 19.3. The van der Waals surface area contributed by atoms with Gasteiger partial charge >= 0.3 is 12.0 Å². The molecule has 0 saturated carbocycles. The molecule has 3 aromatic carbocycles. The van der Waals surface area contributed by atoms with E-state index in [4.69, 9.17) is 9.47 Å². The molecule has 0 radical (unpaired) electrons. The number of ether oxygens (including phenoxy) is 2. The van der Waals surface area contributed by atoms with Gasteiger partial charge in [-0.05, 0) is 68.0 Å². The maximum atomic E-state index is 16.0. The number of Topliss-reactive ketones (excluding diaryl/α,β-unsaturated/α-hetero) is 1. The van der Waals surface area contributed by atoms with Gasteiger partial charge in [0.2, 0.25) is 11.5 Å². The number of ketones is 1. The number of aryl methyl sites for hydroxylation is 1. The molecule has 0 fully saturated rings. The molecular weight excluding hydrogens is 530 g/mol. The minimum absolute atomic E-state index is 0.0667. The van der Waals surface area contributed by atoms with Crippen molar-refractivity contribution >= 4 is 11.9 Å². The van der Waals surface area contributed by atoms with Crippen molar-refractivity contribution in [1.82, 2.24) is 10.6 Å². The summed E-state index contributed by atoms with van der Waals surface area (Å²) in [6, 6.07) is 21.9. The van der Waals surface area contributed by atoms with Crippen LogP contribution < -0.4 is 15.4 Å². The lowest BCUT2D eigenvalue weighted by Crippen LogP contribution is -2.66. The number of carbonyl (C=O) groups excluding carboxylic acids is 2. The van der Waals surface area contributed by atoms with Gasteiger partial charge in [0.1, 0.15) is 18.0 Å². The molecule has 1 aliphatic heterocycles. The lowest BCUT2D eigenvalue weighted by Gasteiger charge is -2.38. The fraction of sp³-hybridized carbons (Fsp3) is 0.375. The molecule has 2 atom stereocenters. The van der Waals surface area contributed by atoms with E-state index in [0.717, 1.165) is 11.1 Å². The van der Waals surface area contributed by atoms with Crippen LogP contribution in [0.15, 0.2) is 78.9 Å². The molecule has 0 aliphatic carbocycles. The SMILES string of the molecule is CC(C)(C)OC(=O)NC(O)(CCc1ccc(OCc2ccccc2)cc1)C(F)(F)C(=O)C1NCCc2ccccc21. The first-order valence-electron chi connectivity index (χ1n) is 13.6. The molecule has 1 aliphatic rings. The second kappa shape index (κ2) is 12.4. The Bertz CT molecular complexity index is 1340. The molecule has 0 saturated heterocycles. The molecule has 3 N–H and O–H groups in total. The van der Waals surface area contributed by atoms with Gasteiger partial charge in [-0.15, -0.1) is 0 Å². The Morgan fingerprint density at radius 1 is 0.951 bits per heavy atom. The van der Waals surface area contributed by atoms with Crippen LogP contribution in [-0.2, 0) is 29.0 Å². The number of hydrogen-bond donors (Lipinski definition) is 3. The van der Waals surface area contributed by atoms with E-state index in [1.54, 1.807) is 69.3 Å².